The normalized spacial score (nSPS) is 16.7. The lowest BCUT2D eigenvalue weighted by Gasteiger charge is -2.28. The molecule has 0 saturated heterocycles. The zero-order valence-electron chi connectivity index (χ0n) is 10.7. The molecule has 0 spiro atoms. The minimum absolute atomic E-state index is 0.127. The molecule has 2 aromatic rings. The van der Waals surface area contributed by atoms with Crippen LogP contribution >= 0.6 is 0 Å². The van der Waals surface area contributed by atoms with Crippen LogP contribution in [0.4, 0.5) is 5.69 Å². The molecule has 1 N–H and O–H groups in total. The van der Waals surface area contributed by atoms with Crippen molar-refractivity contribution in [2.45, 2.75) is 13.0 Å². The van der Waals surface area contributed by atoms with Crippen molar-refractivity contribution in [1.82, 2.24) is 0 Å². The van der Waals surface area contributed by atoms with Gasteiger partial charge in [-0.15, -0.1) is 0 Å². The Hall–Kier alpha value is -2.47. The van der Waals surface area contributed by atoms with Crippen LogP contribution in [0.15, 0.2) is 42.5 Å². The number of nitrogens with zero attached hydrogens (tertiary/aromatic N) is 1. The smallest absolute Gasteiger partial charge is 0.142 e. The summed E-state index contributed by atoms with van der Waals surface area (Å²) < 4.78 is 5.75. The Balaban J connectivity index is 1.89. The van der Waals surface area contributed by atoms with Gasteiger partial charge in [0.1, 0.15) is 12.4 Å². The van der Waals surface area contributed by atoms with Gasteiger partial charge in [0.05, 0.1) is 23.4 Å². The Morgan fingerprint density at radius 1 is 1.21 bits per heavy atom. The van der Waals surface area contributed by atoms with E-state index in [1.165, 1.54) is 11.1 Å². The quantitative estimate of drug-likeness (QED) is 0.843. The van der Waals surface area contributed by atoms with Crippen LogP contribution in [0.25, 0.3) is 0 Å². The van der Waals surface area contributed by atoms with E-state index in [0.29, 0.717) is 12.2 Å². The summed E-state index contributed by atoms with van der Waals surface area (Å²) >= 11 is 0. The molecule has 0 amide bonds. The summed E-state index contributed by atoms with van der Waals surface area (Å²) in [6, 6.07) is 16.1. The van der Waals surface area contributed by atoms with Crippen molar-refractivity contribution in [2.75, 3.05) is 11.9 Å². The van der Waals surface area contributed by atoms with Gasteiger partial charge in [0.25, 0.3) is 0 Å². The van der Waals surface area contributed by atoms with Crippen LogP contribution in [0.3, 0.4) is 0 Å². The topological polar surface area (TPSA) is 45.0 Å². The summed E-state index contributed by atoms with van der Waals surface area (Å²) in [5.41, 5.74) is 3.96. The van der Waals surface area contributed by atoms with E-state index in [2.05, 4.69) is 42.6 Å². The molecule has 0 fully saturated rings. The third-order valence-corrected chi connectivity index (χ3v) is 3.32. The molecule has 0 bridgehead atoms. The number of aryl methyl sites for hydroxylation is 1. The summed E-state index contributed by atoms with van der Waals surface area (Å²) in [4.78, 5) is 0. The molecule has 1 aliphatic heterocycles. The van der Waals surface area contributed by atoms with Gasteiger partial charge in [-0.1, -0.05) is 29.8 Å². The molecular formula is C16H14N2O. The second-order valence-corrected chi connectivity index (χ2v) is 4.74. The molecule has 1 heterocycles. The number of rotatable bonds is 1. The minimum Gasteiger partial charge on any atom is -0.489 e. The van der Waals surface area contributed by atoms with E-state index in [1.54, 1.807) is 6.07 Å². The van der Waals surface area contributed by atoms with Gasteiger partial charge in [-0.3, -0.25) is 0 Å². The largest absolute Gasteiger partial charge is 0.489 e. The van der Waals surface area contributed by atoms with Crippen LogP contribution < -0.4 is 10.1 Å². The highest BCUT2D eigenvalue weighted by atomic mass is 16.5. The van der Waals surface area contributed by atoms with Crippen LogP contribution in [-0.4, -0.2) is 6.61 Å². The number of nitrogens with one attached hydrogen (secondary N) is 1. The highest BCUT2D eigenvalue weighted by Crippen LogP contribution is 2.34. The average molecular weight is 250 g/mol. The van der Waals surface area contributed by atoms with Crippen molar-refractivity contribution in [3.63, 3.8) is 0 Å². The van der Waals surface area contributed by atoms with E-state index in [0.717, 1.165) is 11.4 Å². The Morgan fingerprint density at radius 2 is 2.00 bits per heavy atom. The van der Waals surface area contributed by atoms with Crippen molar-refractivity contribution in [3.8, 4) is 11.8 Å². The minimum atomic E-state index is 0.127. The van der Waals surface area contributed by atoms with E-state index < -0.39 is 0 Å². The SMILES string of the molecule is Cc1ccc(C2COc3ccc(C#N)cc3N2)cc1. The van der Waals surface area contributed by atoms with Gasteiger partial charge >= 0.3 is 0 Å². The summed E-state index contributed by atoms with van der Waals surface area (Å²) in [6.45, 7) is 2.67. The number of nitriles is 1. The van der Waals surface area contributed by atoms with E-state index in [4.69, 9.17) is 10.00 Å². The fraction of sp³-hybridized carbons (Fsp3) is 0.188. The predicted molar refractivity (Wildman–Crippen MR) is 74.2 cm³/mol. The first kappa shape index (κ1) is 11.6. The maximum absolute atomic E-state index is 8.93. The Kier molecular flexibility index (Phi) is 2.85. The number of fused-ring (bicyclic) bond motifs is 1. The van der Waals surface area contributed by atoms with Crippen LogP contribution in [0.1, 0.15) is 22.7 Å². The van der Waals surface area contributed by atoms with Crippen molar-refractivity contribution in [3.05, 3.63) is 59.2 Å². The van der Waals surface area contributed by atoms with E-state index in [-0.39, 0.29) is 6.04 Å². The number of hydrogen-bond donors (Lipinski definition) is 1. The molecule has 3 nitrogen and oxygen atoms in total. The lowest BCUT2D eigenvalue weighted by molar-refractivity contribution is 0.286. The first-order chi connectivity index (χ1) is 9.26. The molecule has 3 heteroatoms. The second-order valence-electron chi connectivity index (χ2n) is 4.74. The van der Waals surface area contributed by atoms with Crippen LogP contribution in [0.5, 0.6) is 5.75 Å². The molecule has 1 atom stereocenters. The molecule has 3 rings (SSSR count). The molecule has 2 aromatic carbocycles. The molecule has 94 valence electrons. The fourth-order valence-corrected chi connectivity index (χ4v) is 2.22. The van der Waals surface area contributed by atoms with Crippen LogP contribution in [0, 0.1) is 18.3 Å². The van der Waals surface area contributed by atoms with Gasteiger partial charge in [0.2, 0.25) is 0 Å². The van der Waals surface area contributed by atoms with Gasteiger partial charge in [-0.2, -0.15) is 5.26 Å². The fourth-order valence-electron chi connectivity index (χ4n) is 2.22. The molecule has 0 saturated carbocycles. The summed E-state index contributed by atoms with van der Waals surface area (Å²) in [5.74, 6) is 0.808. The van der Waals surface area contributed by atoms with Gasteiger partial charge < -0.3 is 10.1 Å². The Labute approximate surface area is 112 Å². The number of anilines is 1. The number of benzene rings is 2. The average Bonchev–Trinajstić information content (AvgIpc) is 2.47. The zero-order valence-corrected chi connectivity index (χ0v) is 10.7. The van der Waals surface area contributed by atoms with Gasteiger partial charge in [0.15, 0.2) is 0 Å². The molecule has 0 radical (unpaired) electrons. The van der Waals surface area contributed by atoms with E-state index in [1.807, 2.05) is 12.1 Å². The highest BCUT2D eigenvalue weighted by molar-refractivity contribution is 5.62. The predicted octanol–water partition coefficient (Wildman–Crippen LogP) is 3.41. The second kappa shape index (κ2) is 4.66. The molecule has 1 unspecified atom stereocenters. The molecule has 0 aromatic heterocycles. The molecular weight excluding hydrogens is 236 g/mol. The van der Waals surface area contributed by atoms with Gasteiger partial charge in [0, 0.05) is 0 Å². The van der Waals surface area contributed by atoms with Crippen LogP contribution in [-0.2, 0) is 0 Å². The molecule has 1 aliphatic rings. The summed E-state index contributed by atoms with van der Waals surface area (Å²) in [7, 11) is 0. The Bertz CT molecular complexity index is 641. The number of hydrogen-bond acceptors (Lipinski definition) is 3. The third kappa shape index (κ3) is 2.25. The van der Waals surface area contributed by atoms with Crippen molar-refractivity contribution >= 4 is 5.69 Å². The molecule has 19 heavy (non-hydrogen) atoms. The summed E-state index contributed by atoms with van der Waals surface area (Å²) in [6.07, 6.45) is 0. The zero-order chi connectivity index (χ0) is 13.2. The van der Waals surface area contributed by atoms with Gasteiger partial charge in [-0.25, -0.2) is 0 Å². The van der Waals surface area contributed by atoms with E-state index in [9.17, 15) is 0 Å². The monoisotopic (exact) mass is 250 g/mol. The highest BCUT2D eigenvalue weighted by Gasteiger charge is 2.20. The maximum Gasteiger partial charge on any atom is 0.142 e. The van der Waals surface area contributed by atoms with E-state index >= 15 is 0 Å². The van der Waals surface area contributed by atoms with Gasteiger partial charge in [-0.05, 0) is 30.7 Å². The van der Waals surface area contributed by atoms with Crippen molar-refractivity contribution in [2.24, 2.45) is 0 Å². The lowest BCUT2D eigenvalue weighted by Crippen LogP contribution is -2.23. The Morgan fingerprint density at radius 3 is 2.74 bits per heavy atom. The standard InChI is InChI=1S/C16H14N2O/c1-11-2-5-13(6-3-11)15-10-19-16-7-4-12(9-17)8-14(16)18-15/h2-8,15,18H,10H2,1H3. The van der Waals surface area contributed by atoms with Crippen molar-refractivity contribution in [1.29, 1.82) is 5.26 Å². The third-order valence-electron chi connectivity index (χ3n) is 3.32. The molecule has 0 aliphatic carbocycles. The van der Waals surface area contributed by atoms with Crippen LogP contribution in [0.2, 0.25) is 0 Å². The first-order valence-corrected chi connectivity index (χ1v) is 6.26. The maximum atomic E-state index is 8.93. The number of ether oxygens (including phenoxy) is 1. The summed E-state index contributed by atoms with van der Waals surface area (Å²) in [5, 5.41) is 12.4. The lowest BCUT2D eigenvalue weighted by atomic mass is 10.0. The first-order valence-electron chi connectivity index (χ1n) is 6.26. The van der Waals surface area contributed by atoms with Crippen molar-refractivity contribution < 1.29 is 4.74 Å².